The Morgan fingerprint density at radius 1 is 0.921 bits per heavy atom. The number of fused-ring (bicyclic) bond motifs is 2. The summed E-state index contributed by atoms with van der Waals surface area (Å²) >= 11 is 12.5. The highest BCUT2D eigenvalue weighted by Gasteiger charge is 2.26. The van der Waals surface area contributed by atoms with E-state index in [2.05, 4.69) is 21.2 Å². The topological polar surface area (TPSA) is 87.6 Å². The van der Waals surface area contributed by atoms with E-state index in [0.29, 0.717) is 32.7 Å². The van der Waals surface area contributed by atoms with E-state index in [1.54, 1.807) is 36.5 Å². The average molecular weight is 539 g/mol. The Morgan fingerprint density at radius 2 is 1.71 bits per heavy atom. The lowest BCUT2D eigenvalue weighted by Crippen LogP contribution is -2.42. The summed E-state index contributed by atoms with van der Waals surface area (Å²) in [7, 11) is 0. The van der Waals surface area contributed by atoms with Gasteiger partial charge in [-0.15, -0.1) is 11.5 Å². The summed E-state index contributed by atoms with van der Waals surface area (Å²) in [5.74, 6) is 2.53. The number of aromatic nitrogens is 6. The van der Waals surface area contributed by atoms with Crippen LogP contribution in [0.3, 0.4) is 0 Å². The van der Waals surface area contributed by atoms with Gasteiger partial charge in [0.2, 0.25) is 0 Å². The summed E-state index contributed by atoms with van der Waals surface area (Å²) in [5, 5.41) is 10.5. The van der Waals surface area contributed by atoms with Gasteiger partial charge in [-0.2, -0.15) is 0 Å². The first-order valence-electron chi connectivity index (χ1n) is 11.4. The minimum absolute atomic E-state index is 0.0693. The fourth-order valence-corrected chi connectivity index (χ4v) is 4.83. The molecule has 0 unspecified atom stereocenters. The summed E-state index contributed by atoms with van der Waals surface area (Å²) < 4.78 is 3.82. The van der Waals surface area contributed by atoms with Crippen molar-refractivity contribution in [3.05, 3.63) is 110 Å². The van der Waals surface area contributed by atoms with Gasteiger partial charge in [-0.25, -0.2) is 14.0 Å². The smallest absolute Gasteiger partial charge is 0.279 e. The molecular formula is C28H16Cl2N6O2. The van der Waals surface area contributed by atoms with E-state index in [1.165, 1.54) is 15.4 Å². The van der Waals surface area contributed by atoms with E-state index in [0.717, 1.165) is 9.95 Å². The van der Waals surface area contributed by atoms with Crippen LogP contribution < -0.4 is 11.2 Å². The van der Waals surface area contributed by atoms with E-state index in [4.69, 9.17) is 29.6 Å². The number of hydrogen-bond donors (Lipinski definition) is 0. The molecule has 0 radical (unpaired) electrons. The molecule has 0 aliphatic carbocycles. The molecule has 6 rings (SSSR count). The molecule has 0 aliphatic rings. The van der Waals surface area contributed by atoms with E-state index in [9.17, 15) is 9.59 Å². The van der Waals surface area contributed by atoms with Crippen molar-refractivity contribution in [1.29, 1.82) is 0 Å². The number of halogens is 2. The number of rotatable bonds is 4. The Morgan fingerprint density at radius 3 is 2.53 bits per heavy atom. The van der Waals surface area contributed by atoms with E-state index in [-0.39, 0.29) is 22.9 Å². The third kappa shape index (κ3) is 3.68. The van der Waals surface area contributed by atoms with Gasteiger partial charge in [0, 0.05) is 22.5 Å². The lowest BCUT2D eigenvalue weighted by atomic mass is 10.1. The van der Waals surface area contributed by atoms with E-state index >= 15 is 0 Å². The van der Waals surface area contributed by atoms with Gasteiger partial charge in [0.05, 0.1) is 39.7 Å². The molecule has 3 aromatic heterocycles. The summed E-state index contributed by atoms with van der Waals surface area (Å²) in [6.07, 6.45) is 8.86. The fourth-order valence-electron chi connectivity index (χ4n) is 4.53. The Balaban J connectivity index is 1.83. The van der Waals surface area contributed by atoms with Crippen LogP contribution in [0, 0.1) is 12.3 Å². The minimum Gasteiger partial charge on any atom is -0.279 e. The van der Waals surface area contributed by atoms with Gasteiger partial charge in [-0.1, -0.05) is 76.8 Å². The molecule has 3 heterocycles. The number of benzene rings is 3. The number of hydrogen-bond acceptors (Lipinski definition) is 5. The van der Waals surface area contributed by atoms with Crippen molar-refractivity contribution in [2.45, 2.75) is 6.54 Å². The maximum Gasteiger partial charge on any atom is 0.337 e. The van der Waals surface area contributed by atoms with Crippen molar-refractivity contribution in [2.75, 3.05) is 0 Å². The first kappa shape index (κ1) is 23.7. The zero-order chi connectivity index (χ0) is 26.4. The van der Waals surface area contributed by atoms with Gasteiger partial charge < -0.3 is 0 Å². The Bertz CT molecular complexity index is 2050. The second-order valence-electron chi connectivity index (χ2n) is 8.41. The van der Waals surface area contributed by atoms with Crippen molar-refractivity contribution in [3.8, 4) is 35.0 Å². The predicted molar refractivity (Wildman–Crippen MR) is 148 cm³/mol. The van der Waals surface area contributed by atoms with Crippen LogP contribution in [0.1, 0.15) is 0 Å². The van der Waals surface area contributed by atoms with Gasteiger partial charge in [0.15, 0.2) is 5.69 Å². The summed E-state index contributed by atoms with van der Waals surface area (Å²) in [4.78, 5) is 32.7. The van der Waals surface area contributed by atoms with Crippen molar-refractivity contribution in [2.24, 2.45) is 0 Å². The maximum atomic E-state index is 14.4. The van der Waals surface area contributed by atoms with Crippen LogP contribution >= 0.6 is 23.2 Å². The molecule has 3 aromatic carbocycles. The molecule has 10 heteroatoms. The normalized spacial score (nSPS) is 11.2. The van der Waals surface area contributed by atoms with Crippen LogP contribution in [-0.4, -0.2) is 29.1 Å². The lowest BCUT2D eigenvalue weighted by Gasteiger charge is -2.19. The molecule has 38 heavy (non-hydrogen) atoms. The highest BCUT2D eigenvalue weighted by Crippen LogP contribution is 2.31. The molecule has 0 atom stereocenters. The minimum atomic E-state index is -0.639. The number of pyridine rings is 1. The molecule has 0 aliphatic heterocycles. The Hall–Kier alpha value is -4.71. The van der Waals surface area contributed by atoms with E-state index < -0.39 is 11.2 Å². The molecule has 8 nitrogen and oxygen atoms in total. The number of terminal acetylenes is 1. The highest BCUT2D eigenvalue weighted by atomic mass is 35.5. The molecule has 184 valence electrons. The number of para-hydroxylation sites is 1. The molecule has 0 bridgehead atoms. The molecule has 0 saturated carbocycles. The van der Waals surface area contributed by atoms with Crippen LogP contribution in [0.25, 0.3) is 44.4 Å². The van der Waals surface area contributed by atoms with Crippen LogP contribution in [0.2, 0.25) is 10.0 Å². The van der Waals surface area contributed by atoms with Crippen LogP contribution in [0.5, 0.6) is 0 Å². The van der Waals surface area contributed by atoms with Crippen molar-refractivity contribution in [1.82, 2.24) is 29.1 Å². The zero-order valence-electron chi connectivity index (χ0n) is 19.5. The predicted octanol–water partition coefficient (Wildman–Crippen LogP) is 4.89. The molecular weight excluding hydrogens is 523 g/mol. The molecule has 0 spiro atoms. The number of nitrogens with zero attached hydrogens (tertiary/aromatic N) is 6. The maximum absolute atomic E-state index is 14.4. The third-order valence-corrected chi connectivity index (χ3v) is 6.96. The summed E-state index contributed by atoms with van der Waals surface area (Å²) in [5.41, 5.74) is 0.950. The van der Waals surface area contributed by atoms with E-state index in [1.807, 2.05) is 36.4 Å². The average Bonchev–Trinajstić information content (AvgIpc) is 3.36. The monoisotopic (exact) mass is 538 g/mol. The van der Waals surface area contributed by atoms with Gasteiger partial charge in [-0.3, -0.25) is 14.3 Å². The van der Waals surface area contributed by atoms with Gasteiger partial charge >= 0.3 is 5.69 Å². The molecule has 0 saturated heterocycles. The van der Waals surface area contributed by atoms with Crippen LogP contribution in [-0.2, 0) is 6.54 Å². The Labute approximate surface area is 225 Å². The first-order chi connectivity index (χ1) is 18.5. The van der Waals surface area contributed by atoms with Gasteiger partial charge in [0.1, 0.15) is 5.52 Å². The Kier molecular flexibility index (Phi) is 5.80. The van der Waals surface area contributed by atoms with Gasteiger partial charge in [0.25, 0.3) is 5.56 Å². The third-order valence-electron chi connectivity index (χ3n) is 6.22. The zero-order valence-corrected chi connectivity index (χ0v) is 21.1. The van der Waals surface area contributed by atoms with Crippen molar-refractivity contribution >= 4 is 45.0 Å². The fraction of sp³-hybridized carbons (Fsp3) is 0.0357. The van der Waals surface area contributed by atoms with Crippen LogP contribution in [0.4, 0.5) is 0 Å². The lowest BCUT2D eigenvalue weighted by molar-refractivity contribution is 0.688. The van der Waals surface area contributed by atoms with Crippen molar-refractivity contribution < 1.29 is 0 Å². The molecule has 0 fully saturated rings. The second-order valence-corrected chi connectivity index (χ2v) is 9.22. The molecule has 6 aromatic rings. The van der Waals surface area contributed by atoms with Gasteiger partial charge in [-0.05, 0) is 24.3 Å². The summed E-state index contributed by atoms with van der Waals surface area (Å²) in [6.45, 7) is -0.132. The first-order valence-corrected chi connectivity index (χ1v) is 12.2. The highest BCUT2D eigenvalue weighted by molar-refractivity contribution is 6.42. The standard InChI is InChI=1S/C28H16Cl2N6O2/c1-2-13-34-25(17-11-12-20(29)21(30)14-17)26(36-23-10-6-5-9-22(23)32-33-36)27(37)35(28(34)38)24-16-31-15-18-7-3-4-8-19(18)24/h1,3-12,14-16H,13H2. The summed E-state index contributed by atoms with van der Waals surface area (Å²) in [6, 6.07) is 19.4. The van der Waals surface area contributed by atoms with Crippen LogP contribution in [0.15, 0.2) is 88.7 Å². The van der Waals surface area contributed by atoms with Crippen molar-refractivity contribution in [3.63, 3.8) is 0 Å². The molecule has 0 amide bonds. The second kappa shape index (κ2) is 9.30. The largest absolute Gasteiger partial charge is 0.337 e. The SMILES string of the molecule is C#CCn1c(-c2ccc(Cl)c(Cl)c2)c(-n2nnc3ccccc32)c(=O)n(-c2cncc3ccccc23)c1=O. The molecule has 0 N–H and O–H groups in total. The quantitative estimate of drug-likeness (QED) is 0.298.